The van der Waals surface area contributed by atoms with E-state index in [0.29, 0.717) is 0 Å². The average molecular weight is 308 g/mol. The molecule has 2 rings (SSSR count). The second-order valence-electron chi connectivity index (χ2n) is 6.97. The van der Waals surface area contributed by atoms with Gasteiger partial charge >= 0.3 is 6.09 Å². The second-order valence-corrected chi connectivity index (χ2v) is 6.97. The van der Waals surface area contributed by atoms with Crippen LogP contribution in [0.4, 0.5) is 4.79 Å². The maximum absolute atomic E-state index is 12.4. The first-order chi connectivity index (χ1) is 10.4. The molecule has 1 aliphatic heterocycles. The third kappa shape index (κ3) is 4.77. The molecule has 0 aliphatic carbocycles. The SMILES string of the molecule is C[C@H](NC[C@H]1CCCCN1C(=O)OC(C)(C)C)c1ccco1. The van der Waals surface area contributed by atoms with Crippen LogP contribution in [0.1, 0.15) is 58.8 Å². The molecule has 1 fully saturated rings. The molecule has 1 aromatic heterocycles. The molecule has 5 nitrogen and oxygen atoms in total. The predicted octanol–water partition coefficient (Wildman–Crippen LogP) is 3.72. The minimum Gasteiger partial charge on any atom is -0.468 e. The van der Waals surface area contributed by atoms with Crippen LogP contribution in [0.5, 0.6) is 0 Å². The molecule has 0 saturated carbocycles. The molecule has 1 saturated heterocycles. The van der Waals surface area contributed by atoms with E-state index >= 15 is 0 Å². The van der Waals surface area contributed by atoms with Crippen molar-refractivity contribution in [2.24, 2.45) is 0 Å². The maximum Gasteiger partial charge on any atom is 0.410 e. The summed E-state index contributed by atoms with van der Waals surface area (Å²) in [7, 11) is 0. The molecule has 5 heteroatoms. The van der Waals surface area contributed by atoms with E-state index in [-0.39, 0.29) is 18.2 Å². The van der Waals surface area contributed by atoms with Gasteiger partial charge < -0.3 is 19.4 Å². The molecule has 22 heavy (non-hydrogen) atoms. The summed E-state index contributed by atoms with van der Waals surface area (Å²) in [6, 6.07) is 4.17. The molecule has 1 aliphatic rings. The third-order valence-electron chi connectivity index (χ3n) is 3.88. The number of carbonyl (C=O) groups is 1. The van der Waals surface area contributed by atoms with E-state index in [0.717, 1.165) is 38.1 Å². The quantitative estimate of drug-likeness (QED) is 0.921. The van der Waals surface area contributed by atoms with Crippen molar-refractivity contribution in [1.29, 1.82) is 0 Å². The number of nitrogens with zero attached hydrogens (tertiary/aromatic N) is 1. The lowest BCUT2D eigenvalue weighted by Gasteiger charge is -2.37. The van der Waals surface area contributed by atoms with Crippen molar-refractivity contribution in [3.05, 3.63) is 24.2 Å². The Morgan fingerprint density at radius 2 is 2.27 bits per heavy atom. The lowest BCUT2D eigenvalue weighted by Crippen LogP contribution is -2.50. The summed E-state index contributed by atoms with van der Waals surface area (Å²) in [5.41, 5.74) is -0.450. The standard InChI is InChI=1S/C17H28N2O3/c1-13(15-9-7-11-21-15)18-12-14-8-5-6-10-19(14)16(20)22-17(2,3)4/h7,9,11,13-14,18H,5-6,8,10,12H2,1-4H3/t13-,14+/m0/s1. The molecule has 2 heterocycles. The molecule has 124 valence electrons. The Morgan fingerprint density at radius 1 is 1.50 bits per heavy atom. The number of piperidine rings is 1. The van der Waals surface area contributed by atoms with E-state index in [9.17, 15) is 4.79 Å². The minimum atomic E-state index is -0.450. The van der Waals surface area contributed by atoms with E-state index < -0.39 is 5.60 Å². The number of amides is 1. The normalized spacial score (nSPS) is 20.7. The minimum absolute atomic E-state index is 0.136. The predicted molar refractivity (Wildman–Crippen MR) is 85.7 cm³/mol. The molecule has 0 aromatic carbocycles. The number of hydrogen-bond donors (Lipinski definition) is 1. The number of nitrogens with one attached hydrogen (secondary N) is 1. The van der Waals surface area contributed by atoms with Gasteiger partial charge in [0.15, 0.2) is 0 Å². The van der Waals surface area contributed by atoms with E-state index in [1.807, 2.05) is 37.8 Å². The number of hydrogen-bond acceptors (Lipinski definition) is 4. The van der Waals surface area contributed by atoms with Crippen molar-refractivity contribution < 1.29 is 13.9 Å². The van der Waals surface area contributed by atoms with Crippen LogP contribution < -0.4 is 5.32 Å². The molecular formula is C17H28N2O3. The highest BCUT2D eigenvalue weighted by Gasteiger charge is 2.30. The van der Waals surface area contributed by atoms with Gasteiger partial charge in [-0.1, -0.05) is 0 Å². The van der Waals surface area contributed by atoms with Crippen molar-refractivity contribution in [3.63, 3.8) is 0 Å². The summed E-state index contributed by atoms with van der Waals surface area (Å²) in [5, 5.41) is 3.46. The van der Waals surface area contributed by atoms with Crippen LogP contribution >= 0.6 is 0 Å². The van der Waals surface area contributed by atoms with Crippen LogP contribution in [0, 0.1) is 0 Å². The third-order valence-corrected chi connectivity index (χ3v) is 3.88. The van der Waals surface area contributed by atoms with E-state index in [4.69, 9.17) is 9.15 Å². The van der Waals surface area contributed by atoms with Crippen LogP contribution in [0.25, 0.3) is 0 Å². The number of rotatable bonds is 4. The number of ether oxygens (including phenoxy) is 1. The Morgan fingerprint density at radius 3 is 2.91 bits per heavy atom. The molecule has 1 amide bonds. The maximum atomic E-state index is 12.4. The smallest absolute Gasteiger partial charge is 0.410 e. The van der Waals surface area contributed by atoms with Gasteiger partial charge in [0.25, 0.3) is 0 Å². The van der Waals surface area contributed by atoms with Crippen LogP contribution in [-0.4, -0.2) is 35.7 Å². The Balaban J connectivity index is 1.90. The lowest BCUT2D eigenvalue weighted by molar-refractivity contribution is 0.00965. The fourth-order valence-electron chi connectivity index (χ4n) is 2.72. The molecular weight excluding hydrogens is 280 g/mol. The fraction of sp³-hybridized carbons (Fsp3) is 0.706. The van der Waals surface area contributed by atoms with Crippen molar-refractivity contribution in [1.82, 2.24) is 10.2 Å². The zero-order chi connectivity index (χ0) is 16.2. The highest BCUT2D eigenvalue weighted by Crippen LogP contribution is 2.21. The number of likely N-dealkylation sites (tertiary alicyclic amines) is 1. The van der Waals surface area contributed by atoms with Gasteiger partial charge in [-0.2, -0.15) is 0 Å². The molecule has 0 radical (unpaired) electrons. The molecule has 0 spiro atoms. The first-order valence-corrected chi connectivity index (χ1v) is 8.13. The summed E-state index contributed by atoms with van der Waals surface area (Å²) < 4.78 is 10.9. The number of furan rings is 1. The van der Waals surface area contributed by atoms with Crippen molar-refractivity contribution in [3.8, 4) is 0 Å². The van der Waals surface area contributed by atoms with Gasteiger partial charge in [0.05, 0.1) is 12.3 Å². The second kappa shape index (κ2) is 7.18. The first-order valence-electron chi connectivity index (χ1n) is 8.13. The Labute approximate surface area is 133 Å². The summed E-state index contributed by atoms with van der Waals surface area (Å²) in [6.07, 6.45) is 4.69. The van der Waals surface area contributed by atoms with Gasteiger partial charge in [0.2, 0.25) is 0 Å². The first kappa shape index (κ1) is 16.9. The van der Waals surface area contributed by atoms with Gasteiger partial charge in [0, 0.05) is 19.1 Å². The summed E-state index contributed by atoms with van der Waals surface area (Å²) >= 11 is 0. The molecule has 2 atom stereocenters. The molecule has 0 unspecified atom stereocenters. The Hall–Kier alpha value is -1.49. The van der Waals surface area contributed by atoms with Crippen molar-refractivity contribution >= 4 is 6.09 Å². The molecule has 1 aromatic rings. The molecule has 1 N–H and O–H groups in total. The fourth-order valence-corrected chi connectivity index (χ4v) is 2.72. The zero-order valence-electron chi connectivity index (χ0n) is 14.1. The Kier molecular flexibility index (Phi) is 5.51. The summed E-state index contributed by atoms with van der Waals surface area (Å²) in [5.74, 6) is 0.916. The largest absolute Gasteiger partial charge is 0.468 e. The highest BCUT2D eigenvalue weighted by molar-refractivity contribution is 5.68. The molecule has 0 bridgehead atoms. The Bertz CT molecular complexity index is 465. The van der Waals surface area contributed by atoms with Gasteiger partial charge in [0.1, 0.15) is 11.4 Å². The van der Waals surface area contributed by atoms with Gasteiger partial charge in [-0.3, -0.25) is 0 Å². The van der Waals surface area contributed by atoms with E-state index in [1.54, 1.807) is 6.26 Å². The van der Waals surface area contributed by atoms with E-state index in [1.165, 1.54) is 0 Å². The van der Waals surface area contributed by atoms with Crippen LogP contribution in [-0.2, 0) is 4.74 Å². The highest BCUT2D eigenvalue weighted by atomic mass is 16.6. The van der Waals surface area contributed by atoms with Gasteiger partial charge in [-0.25, -0.2) is 4.79 Å². The average Bonchev–Trinajstić information content (AvgIpc) is 2.97. The van der Waals surface area contributed by atoms with Crippen molar-refractivity contribution in [2.75, 3.05) is 13.1 Å². The van der Waals surface area contributed by atoms with Gasteiger partial charge in [-0.05, 0) is 59.1 Å². The zero-order valence-corrected chi connectivity index (χ0v) is 14.1. The van der Waals surface area contributed by atoms with Crippen molar-refractivity contribution in [2.45, 2.75) is 64.6 Å². The van der Waals surface area contributed by atoms with E-state index in [2.05, 4.69) is 12.2 Å². The topological polar surface area (TPSA) is 54.7 Å². The summed E-state index contributed by atoms with van der Waals surface area (Å²) in [6.45, 7) is 9.31. The number of carbonyl (C=O) groups excluding carboxylic acids is 1. The van der Waals surface area contributed by atoms with Crippen LogP contribution in [0.2, 0.25) is 0 Å². The van der Waals surface area contributed by atoms with Gasteiger partial charge in [-0.15, -0.1) is 0 Å². The lowest BCUT2D eigenvalue weighted by atomic mass is 10.0. The van der Waals surface area contributed by atoms with Crippen LogP contribution in [0.15, 0.2) is 22.8 Å². The monoisotopic (exact) mass is 308 g/mol. The summed E-state index contributed by atoms with van der Waals surface area (Å²) in [4.78, 5) is 14.2. The van der Waals surface area contributed by atoms with Crippen LogP contribution in [0.3, 0.4) is 0 Å².